The number of rotatable bonds is 8. The number of guanidine groups is 1. The summed E-state index contributed by atoms with van der Waals surface area (Å²) in [5.74, 6) is 1.68. The van der Waals surface area contributed by atoms with E-state index in [0.717, 1.165) is 35.7 Å². The van der Waals surface area contributed by atoms with Crippen molar-refractivity contribution in [3.63, 3.8) is 0 Å². The van der Waals surface area contributed by atoms with E-state index in [1.807, 2.05) is 21.0 Å². The molecule has 1 aromatic carbocycles. The molecular weight excluding hydrogens is 406 g/mol. The molecule has 1 saturated heterocycles. The second kappa shape index (κ2) is 11.6. The highest BCUT2D eigenvalue weighted by Gasteiger charge is 2.16. The van der Waals surface area contributed by atoms with E-state index in [2.05, 4.69) is 61.7 Å². The Hall–Kier alpha value is -1.96. The van der Waals surface area contributed by atoms with E-state index in [1.165, 1.54) is 37.1 Å². The van der Waals surface area contributed by atoms with E-state index >= 15 is 0 Å². The normalized spacial score (nSPS) is 18.7. The van der Waals surface area contributed by atoms with Crippen LogP contribution in [0.5, 0.6) is 0 Å². The molecule has 0 saturated carbocycles. The van der Waals surface area contributed by atoms with Gasteiger partial charge in [-0.15, -0.1) is 11.3 Å². The average molecular weight is 444 g/mol. The predicted molar refractivity (Wildman–Crippen MR) is 129 cm³/mol. The fourth-order valence-electron chi connectivity index (χ4n) is 4.02. The second-order valence-electron chi connectivity index (χ2n) is 8.61. The Morgan fingerprint density at radius 2 is 2.10 bits per heavy atom. The quantitative estimate of drug-likeness (QED) is 0.487. The minimum atomic E-state index is 0.0304. The first-order valence-electron chi connectivity index (χ1n) is 11.2. The molecule has 2 unspecified atom stereocenters. The van der Waals surface area contributed by atoms with Crippen LogP contribution in [0.3, 0.4) is 0 Å². The van der Waals surface area contributed by atoms with Crippen molar-refractivity contribution in [2.45, 2.75) is 52.4 Å². The third-order valence-electron chi connectivity index (χ3n) is 5.86. The zero-order chi connectivity index (χ0) is 22.2. The number of benzene rings is 1. The van der Waals surface area contributed by atoms with Gasteiger partial charge in [0.25, 0.3) is 0 Å². The van der Waals surface area contributed by atoms with E-state index in [4.69, 9.17) is 4.74 Å². The molecule has 3 rings (SSSR count). The molecule has 0 amide bonds. The molecule has 0 spiro atoms. The van der Waals surface area contributed by atoms with Gasteiger partial charge in [-0.3, -0.25) is 9.89 Å². The van der Waals surface area contributed by atoms with E-state index in [9.17, 15) is 0 Å². The SMILES string of the molecule is CN=C(NCc1ccc(CN2CCCC(C)C2)cc1)N(C)Cc1csc(C(C)OC)n1. The van der Waals surface area contributed by atoms with Crippen LogP contribution >= 0.6 is 11.3 Å². The van der Waals surface area contributed by atoms with Crippen molar-refractivity contribution in [1.82, 2.24) is 20.1 Å². The fourth-order valence-corrected chi connectivity index (χ4v) is 4.86. The molecule has 1 fully saturated rings. The first-order chi connectivity index (χ1) is 15.0. The van der Waals surface area contributed by atoms with Gasteiger partial charge in [-0.1, -0.05) is 31.2 Å². The zero-order valence-electron chi connectivity index (χ0n) is 19.6. The van der Waals surface area contributed by atoms with Crippen molar-refractivity contribution in [2.24, 2.45) is 10.9 Å². The van der Waals surface area contributed by atoms with Crippen LogP contribution in [0.15, 0.2) is 34.6 Å². The average Bonchev–Trinajstić information content (AvgIpc) is 3.23. The Balaban J connectivity index is 1.48. The third-order valence-corrected chi connectivity index (χ3v) is 6.92. The van der Waals surface area contributed by atoms with Crippen LogP contribution in [0.2, 0.25) is 0 Å². The van der Waals surface area contributed by atoms with Gasteiger partial charge in [0.05, 0.1) is 12.2 Å². The molecule has 1 aliphatic rings. The van der Waals surface area contributed by atoms with Crippen LogP contribution in [-0.4, -0.2) is 55.0 Å². The Labute approximate surface area is 191 Å². The minimum Gasteiger partial charge on any atom is -0.375 e. The lowest BCUT2D eigenvalue weighted by molar-refractivity contribution is 0.119. The topological polar surface area (TPSA) is 53.0 Å². The number of hydrogen-bond acceptors (Lipinski definition) is 5. The summed E-state index contributed by atoms with van der Waals surface area (Å²) in [5, 5.41) is 6.57. The summed E-state index contributed by atoms with van der Waals surface area (Å²) in [6, 6.07) is 8.97. The Morgan fingerprint density at radius 3 is 2.77 bits per heavy atom. The molecule has 1 aliphatic heterocycles. The van der Waals surface area contributed by atoms with Crippen LogP contribution in [0.25, 0.3) is 0 Å². The summed E-state index contributed by atoms with van der Waals surface area (Å²) < 4.78 is 5.36. The monoisotopic (exact) mass is 443 g/mol. The number of aromatic nitrogens is 1. The van der Waals surface area contributed by atoms with Gasteiger partial charge in [0.1, 0.15) is 11.1 Å². The molecule has 0 radical (unpaired) electrons. The van der Waals surface area contributed by atoms with Crippen molar-refractivity contribution in [2.75, 3.05) is 34.3 Å². The number of likely N-dealkylation sites (tertiary alicyclic amines) is 1. The standard InChI is InChI=1S/C24H37N5OS/c1-18-7-6-12-29(14-18)15-21-10-8-20(9-11-21)13-26-24(25-3)28(4)16-22-17-31-23(27-22)19(2)30-5/h8-11,17-19H,6-7,12-16H2,1-5H3,(H,25,26). The van der Waals surface area contributed by atoms with Crippen LogP contribution in [0, 0.1) is 5.92 Å². The number of methoxy groups -OCH3 is 1. The maximum absolute atomic E-state index is 5.36. The lowest BCUT2D eigenvalue weighted by Gasteiger charge is -2.30. The van der Waals surface area contributed by atoms with Gasteiger partial charge in [0.2, 0.25) is 0 Å². The number of nitrogens with one attached hydrogen (secondary N) is 1. The number of aliphatic imine (C=N–C) groups is 1. The van der Waals surface area contributed by atoms with Gasteiger partial charge < -0.3 is 15.0 Å². The molecule has 0 aliphatic carbocycles. The number of thiazole rings is 1. The fraction of sp³-hybridized carbons (Fsp3) is 0.583. The smallest absolute Gasteiger partial charge is 0.194 e. The van der Waals surface area contributed by atoms with Crippen LogP contribution < -0.4 is 5.32 Å². The number of piperidine rings is 1. The van der Waals surface area contributed by atoms with E-state index in [-0.39, 0.29) is 6.10 Å². The second-order valence-corrected chi connectivity index (χ2v) is 9.50. The van der Waals surface area contributed by atoms with Crippen molar-refractivity contribution >= 4 is 17.3 Å². The van der Waals surface area contributed by atoms with Crippen molar-refractivity contribution in [3.05, 3.63) is 51.5 Å². The summed E-state index contributed by atoms with van der Waals surface area (Å²) >= 11 is 1.64. The van der Waals surface area contributed by atoms with E-state index in [0.29, 0.717) is 6.54 Å². The molecule has 170 valence electrons. The Kier molecular flexibility index (Phi) is 8.87. The summed E-state index contributed by atoms with van der Waals surface area (Å²) in [5.41, 5.74) is 3.69. The molecule has 2 heterocycles. The Morgan fingerprint density at radius 1 is 1.35 bits per heavy atom. The highest BCUT2D eigenvalue weighted by Crippen LogP contribution is 2.21. The summed E-state index contributed by atoms with van der Waals surface area (Å²) in [7, 11) is 5.57. The predicted octanol–water partition coefficient (Wildman–Crippen LogP) is 4.29. The molecule has 2 aromatic rings. The molecule has 2 atom stereocenters. The van der Waals surface area contributed by atoms with E-state index < -0.39 is 0 Å². The first kappa shape index (κ1) is 23.7. The first-order valence-corrected chi connectivity index (χ1v) is 12.1. The van der Waals surface area contributed by atoms with Gasteiger partial charge in [-0.05, 0) is 43.4 Å². The molecule has 7 heteroatoms. The van der Waals surface area contributed by atoms with Crippen LogP contribution in [0.4, 0.5) is 0 Å². The molecule has 31 heavy (non-hydrogen) atoms. The maximum Gasteiger partial charge on any atom is 0.194 e. The lowest BCUT2D eigenvalue weighted by Crippen LogP contribution is -2.38. The van der Waals surface area contributed by atoms with Gasteiger partial charge in [-0.25, -0.2) is 4.98 Å². The van der Waals surface area contributed by atoms with E-state index in [1.54, 1.807) is 18.4 Å². The highest BCUT2D eigenvalue weighted by atomic mass is 32.1. The van der Waals surface area contributed by atoms with Gasteiger partial charge >= 0.3 is 0 Å². The maximum atomic E-state index is 5.36. The van der Waals surface area contributed by atoms with Gasteiger partial charge in [-0.2, -0.15) is 0 Å². The molecular formula is C24H37N5OS. The zero-order valence-corrected chi connectivity index (χ0v) is 20.4. The highest BCUT2D eigenvalue weighted by molar-refractivity contribution is 7.09. The number of hydrogen-bond donors (Lipinski definition) is 1. The molecule has 1 N–H and O–H groups in total. The summed E-state index contributed by atoms with van der Waals surface area (Å²) in [4.78, 5) is 13.8. The van der Waals surface area contributed by atoms with Crippen LogP contribution in [0.1, 0.15) is 54.6 Å². The van der Waals surface area contributed by atoms with Gasteiger partial charge in [0.15, 0.2) is 5.96 Å². The molecule has 1 aromatic heterocycles. The number of ether oxygens (including phenoxy) is 1. The largest absolute Gasteiger partial charge is 0.375 e. The molecule has 0 bridgehead atoms. The van der Waals surface area contributed by atoms with Crippen molar-refractivity contribution in [3.8, 4) is 0 Å². The van der Waals surface area contributed by atoms with Crippen LogP contribution in [-0.2, 0) is 24.4 Å². The summed E-state index contributed by atoms with van der Waals surface area (Å²) in [6.07, 6.45) is 2.72. The summed E-state index contributed by atoms with van der Waals surface area (Å²) in [6.45, 7) is 9.34. The van der Waals surface area contributed by atoms with Gasteiger partial charge in [0, 0.05) is 46.2 Å². The van der Waals surface area contributed by atoms with Crippen molar-refractivity contribution in [1.29, 1.82) is 0 Å². The van der Waals surface area contributed by atoms with Crippen molar-refractivity contribution < 1.29 is 4.74 Å². The number of nitrogens with zero attached hydrogens (tertiary/aromatic N) is 4. The Bertz CT molecular complexity index is 835. The minimum absolute atomic E-state index is 0.0304. The lowest BCUT2D eigenvalue weighted by atomic mass is 9.99. The molecule has 6 nitrogen and oxygen atoms in total. The third kappa shape index (κ3) is 7.02.